The summed E-state index contributed by atoms with van der Waals surface area (Å²) in [5.74, 6) is 1.09. The monoisotopic (exact) mass is 330 g/mol. The summed E-state index contributed by atoms with van der Waals surface area (Å²) in [7, 11) is 0. The fourth-order valence-electron chi connectivity index (χ4n) is 1.44. The molecule has 0 amide bonds. The molecule has 0 fully saturated rings. The van der Waals surface area contributed by atoms with Gasteiger partial charge in [-0.05, 0) is 41.1 Å². The van der Waals surface area contributed by atoms with Crippen molar-refractivity contribution in [3.8, 4) is 11.6 Å². The van der Waals surface area contributed by atoms with Crippen LogP contribution in [0.15, 0.2) is 27.6 Å². The topological polar surface area (TPSA) is 58.9 Å². The third-order valence-corrected chi connectivity index (χ3v) is 3.29. The number of aromatic amines is 1. The second kappa shape index (κ2) is 4.82. The van der Waals surface area contributed by atoms with E-state index in [0.717, 1.165) is 18.5 Å². The van der Waals surface area contributed by atoms with Crippen LogP contribution in [0.4, 0.5) is 0 Å². The first kappa shape index (κ1) is 11.4. The summed E-state index contributed by atoms with van der Waals surface area (Å²) < 4.78 is 5.87. The van der Waals surface area contributed by atoms with Crippen LogP contribution in [-0.4, -0.2) is 9.97 Å². The molecular weight excluding hydrogens is 319 g/mol. The number of halogens is 1. The molecule has 0 spiro atoms. The molecule has 2 heterocycles. The van der Waals surface area contributed by atoms with Crippen LogP contribution in [0, 0.1) is 3.57 Å². The van der Waals surface area contributed by atoms with Crippen LogP contribution >= 0.6 is 22.6 Å². The molecule has 16 heavy (non-hydrogen) atoms. The molecule has 0 aliphatic heterocycles. The Morgan fingerprint density at radius 2 is 2.38 bits per heavy atom. The fraction of sp³-hybridized carbons (Fsp3) is 0.273. The molecule has 0 aliphatic carbocycles. The summed E-state index contributed by atoms with van der Waals surface area (Å²) in [5, 5.41) is 0. The molecule has 0 atom stereocenters. The fourth-order valence-corrected chi connectivity index (χ4v) is 1.96. The maximum absolute atomic E-state index is 11.7. The molecule has 0 aliphatic rings. The molecule has 84 valence electrons. The Bertz CT molecular complexity index is 531. The van der Waals surface area contributed by atoms with Crippen LogP contribution in [-0.2, 0) is 6.42 Å². The molecule has 5 heteroatoms. The van der Waals surface area contributed by atoms with E-state index in [-0.39, 0.29) is 5.56 Å². The van der Waals surface area contributed by atoms with E-state index in [4.69, 9.17) is 4.42 Å². The Morgan fingerprint density at radius 3 is 3.00 bits per heavy atom. The van der Waals surface area contributed by atoms with Crippen molar-refractivity contribution in [1.82, 2.24) is 9.97 Å². The lowest BCUT2D eigenvalue weighted by molar-refractivity contribution is 0.576. The molecular formula is C11H11IN2O2. The van der Waals surface area contributed by atoms with Gasteiger partial charge in [-0.1, -0.05) is 13.3 Å². The zero-order valence-corrected chi connectivity index (χ0v) is 10.9. The van der Waals surface area contributed by atoms with E-state index in [1.54, 1.807) is 18.4 Å². The van der Waals surface area contributed by atoms with E-state index in [1.807, 2.05) is 22.6 Å². The lowest BCUT2D eigenvalue weighted by atomic mass is 10.2. The van der Waals surface area contributed by atoms with E-state index < -0.39 is 0 Å². The minimum atomic E-state index is -0.106. The van der Waals surface area contributed by atoms with Crippen molar-refractivity contribution in [2.75, 3.05) is 0 Å². The number of H-pyrrole nitrogens is 1. The number of nitrogens with zero attached hydrogens (tertiary/aromatic N) is 1. The molecule has 2 rings (SSSR count). The number of rotatable bonds is 3. The molecule has 2 aromatic heterocycles. The van der Waals surface area contributed by atoms with Gasteiger partial charge in [-0.2, -0.15) is 0 Å². The maximum atomic E-state index is 11.7. The molecule has 1 N–H and O–H groups in total. The minimum absolute atomic E-state index is 0.106. The quantitative estimate of drug-likeness (QED) is 0.880. The third-order valence-electron chi connectivity index (χ3n) is 2.17. The predicted octanol–water partition coefficient (Wildman–Crippen LogP) is 2.59. The van der Waals surface area contributed by atoms with E-state index in [9.17, 15) is 4.79 Å². The van der Waals surface area contributed by atoms with Gasteiger partial charge in [0.05, 0.1) is 15.5 Å². The average molecular weight is 330 g/mol. The summed E-state index contributed by atoms with van der Waals surface area (Å²) in [4.78, 5) is 18.8. The average Bonchev–Trinajstić information content (AvgIpc) is 2.78. The molecule has 2 aromatic rings. The first-order valence-electron chi connectivity index (χ1n) is 5.05. The Morgan fingerprint density at radius 1 is 1.56 bits per heavy atom. The van der Waals surface area contributed by atoms with Crippen molar-refractivity contribution >= 4 is 22.6 Å². The summed E-state index contributed by atoms with van der Waals surface area (Å²) >= 11 is 2.03. The van der Waals surface area contributed by atoms with Gasteiger partial charge in [0.25, 0.3) is 5.56 Å². The molecule has 4 nitrogen and oxygen atoms in total. The largest absolute Gasteiger partial charge is 0.461 e. The van der Waals surface area contributed by atoms with Crippen molar-refractivity contribution in [3.05, 3.63) is 38.0 Å². The van der Waals surface area contributed by atoms with Gasteiger partial charge in [0, 0.05) is 0 Å². The smallest absolute Gasteiger partial charge is 0.264 e. The van der Waals surface area contributed by atoms with Gasteiger partial charge in [-0.15, -0.1) is 0 Å². The molecule has 0 saturated carbocycles. The van der Waals surface area contributed by atoms with E-state index in [2.05, 4.69) is 16.9 Å². The maximum Gasteiger partial charge on any atom is 0.264 e. The molecule has 0 bridgehead atoms. The Labute approximate surface area is 106 Å². The van der Waals surface area contributed by atoms with Crippen molar-refractivity contribution in [2.45, 2.75) is 19.8 Å². The van der Waals surface area contributed by atoms with Crippen LogP contribution in [0.1, 0.15) is 19.0 Å². The Balaban J connectivity index is 2.53. The molecule has 0 radical (unpaired) electrons. The van der Waals surface area contributed by atoms with Gasteiger partial charge in [0.15, 0.2) is 11.6 Å². The van der Waals surface area contributed by atoms with Crippen LogP contribution in [0.3, 0.4) is 0 Å². The second-order valence-corrected chi connectivity index (χ2v) is 4.48. The summed E-state index contributed by atoms with van der Waals surface area (Å²) in [6, 6.07) is 3.55. The van der Waals surface area contributed by atoms with Crippen molar-refractivity contribution in [2.24, 2.45) is 0 Å². The Kier molecular flexibility index (Phi) is 3.42. The highest BCUT2D eigenvalue weighted by molar-refractivity contribution is 14.1. The van der Waals surface area contributed by atoms with Crippen LogP contribution in [0.5, 0.6) is 0 Å². The van der Waals surface area contributed by atoms with Gasteiger partial charge in [-0.3, -0.25) is 4.79 Å². The summed E-state index contributed by atoms with van der Waals surface area (Å²) in [6.07, 6.45) is 3.33. The van der Waals surface area contributed by atoms with Gasteiger partial charge < -0.3 is 9.40 Å². The minimum Gasteiger partial charge on any atom is -0.461 e. The van der Waals surface area contributed by atoms with Crippen molar-refractivity contribution in [3.63, 3.8) is 0 Å². The normalized spacial score (nSPS) is 10.6. The van der Waals surface area contributed by atoms with Gasteiger partial charge >= 0.3 is 0 Å². The highest BCUT2D eigenvalue weighted by atomic mass is 127. The van der Waals surface area contributed by atoms with Crippen molar-refractivity contribution in [1.29, 1.82) is 0 Å². The number of furan rings is 1. The molecule has 0 unspecified atom stereocenters. The molecule has 0 aromatic carbocycles. The highest BCUT2D eigenvalue weighted by Crippen LogP contribution is 2.16. The van der Waals surface area contributed by atoms with Gasteiger partial charge in [0.2, 0.25) is 0 Å². The first-order valence-corrected chi connectivity index (χ1v) is 6.12. The zero-order valence-electron chi connectivity index (χ0n) is 8.79. The lowest BCUT2D eigenvalue weighted by Crippen LogP contribution is -2.16. The van der Waals surface area contributed by atoms with Crippen LogP contribution < -0.4 is 5.56 Å². The SMILES string of the molecule is CCCc1nc(-c2ccco2)[nH]c(=O)c1I. The van der Waals surface area contributed by atoms with Gasteiger partial charge in [-0.25, -0.2) is 4.98 Å². The van der Waals surface area contributed by atoms with E-state index in [0.29, 0.717) is 15.2 Å². The number of aromatic nitrogens is 2. The summed E-state index contributed by atoms with van der Waals surface area (Å²) in [5.41, 5.74) is 0.726. The van der Waals surface area contributed by atoms with Gasteiger partial charge in [0.1, 0.15) is 0 Å². The second-order valence-electron chi connectivity index (χ2n) is 3.40. The van der Waals surface area contributed by atoms with E-state index in [1.165, 1.54) is 0 Å². The van der Waals surface area contributed by atoms with E-state index >= 15 is 0 Å². The van der Waals surface area contributed by atoms with Crippen LogP contribution in [0.25, 0.3) is 11.6 Å². The van der Waals surface area contributed by atoms with Crippen LogP contribution in [0.2, 0.25) is 0 Å². The Hall–Kier alpha value is -1.11. The number of nitrogens with one attached hydrogen (secondary N) is 1. The standard InChI is InChI=1S/C11H11IN2O2/c1-2-4-7-9(12)11(15)14-10(13-7)8-5-3-6-16-8/h3,5-6H,2,4H2,1H3,(H,13,14,15). The number of hydrogen-bond acceptors (Lipinski definition) is 3. The highest BCUT2D eigenvalue weighted by Gasteiger charge is 2.10. The predicted molar refractivity (Wildman–Crippen MR) is 69.3 cm³/mol. The third kappa shape index (κ3) is 2.18. The number of aryl methyl sites for hydroxylation is 1. The summed E-state index contributed by atoms with van der Waals surface area (Å²) in [6.45, 7) is 2.06. The first-order chi connectivity index (χ1) is 7.72. The molecule has 0 saturated heterocycles. The number of hydrogen-bond donors (Lipinski definition) is 1. The van der Waals surface area contributed by atoms with Crippen molar-refractivity contribution < 1.29 is 4.42 Å². The zero-order chi connectivity index (χ0) is 11.5. The lowest BCUT2D eigenvalue weighted by Gasteiger charge is -2.03.